The van der Waals surface area contributed by atoms with Crippen molar-refractivity contribution < 1.29 is 20.1 Å². The number of ether oxygens (including phenoxy) is 1. The highest BCUT2D eigenvalue weighted by molar-refractivity contribution is 7.97. The molecule has 32 heavy (non-hydrogen) atoms. The first-order valence-electron chi connectivity index (χ1n) is 10.0. The molecule has 4 atom stereocenters. The van der Waals surface area contributed by atoms with Crippen molar-refractivity contribution in [1.29, 1.82) is 0 Å². The van der Waals surface area contributed by atoms with Crippen LogP contribution in [0.4, 0.5) is 0 Å². The molecular weight excluding hydrogens is 434 g/mol. The van der Waals surface area contributed by atoms with Gasteiger partial charge < -0.3 is 20.1 Å². The fourth-order valence-electron chi connectivity index (χ4n) is 3.84. The summed E-state index contributed by atoms with van der Waals surface area (Å²) >= 11 is 1.67. The van der Waals surface area contributed by atoms with Crippen LogP contribution in [-0.4, -0.2) is 64.2 Å². The van der Waals surface area contributed by atoms with E-state index in [1.807, 2.05) is 18.2 Å². The molecule has 10 nitrogen and oxygen atoms in total. The Hall–Kier alpha value is -2.83. The number of fused-ring (bicyclic) bond motifs is 3. The Balaban J connectivity index is 1.49. The minimum atomic E-state index is -1.27. The summed E-state index contributed by atoms with van der Waals surface area (Å²) in [4.78, 5) is 25.2. The molecule has 166 valence electrons. The van der Waals surface area contributed by atoms with Crippen molar-refractivity contribution in [3.05, 3.63) is 70.7 Å². The van der Waals surface area contributed by atoms with Crippen molar-refractivity contribution in [2.24, 2.45) is 0 Å². The summed E-state index contributed by atoms with van der Waals surface area (Å²) in [7, 11) is 0. The number of aromatic nitrogens is 5. The fraction of sp³-hybridized carbons (Fsp3) is 0.333. The number of aliphatic hydroxyl groups excluding tert-OH is 3. The molecule has 0 bridgehead atoms. The van der Waals surface area contributed by atoms with E-state index < -0.39 is 31.1 Å². The molecule has 4 heterocycles. The van der Waals surface area contributed by atoms with Gasteiger partial charge in [0.15, 0.2) is 23.0 Å². The van der Waals surface area contributed by atoms with E-state index in [2.05, 4.69) is 27.1 Å². The fourth-order valence-corrected chi connectivity index (χ4v) is 4.80. The number of imidazole rings is 1. The van der Waals surface area contributed by atoms with Gasteiger partial charge in [0.1, 0.15) is 24.6 Å². The van der Waals surface area contributed by atoms with E-state index in [9.17, 15) is 20.1 Å². The number of aliphatic hydroxyl groups is 3. The zero-order valence-corrected chi connectivity index (χ0v) is 17.7. The van der Waals surface area contributed by atoms with Crippen molar-refractivity contribution in [3.63, 3.8) is 0 Å². The van der Waals surface area contributed by atoms with Crippen molar-refractivity contribution in [3.8, 4) is 0 Å². The van der Waals surface area contributed by atoms with Gasteiger partial charge in [0, 0.05) is 23.3 Å². The first-order valence-corrected chi connectivity index (χ1v) is 11.2. The van der Waals surface area contributed by atoms with Gasteiger partial charge >= 0.3 is 0 Å². The highest BCUT2D eigenvalue weighted by Crippen LogP contribution is 2.31. The van der Waals surface area contributed by atoms with Gasteiger partial charge in [-0.05, 0) is 5.56 Å². The average Bonchev–Trinajstić information content (AvgIpc) is 3.35. The lowest BCUT2D eigenvalue weighted by Crippen LogP contribution is -2.33. The summed E-state index contributed by atoms with van der Waals surface area (Å²) in [5, 5.41) is 29.7. The van der Waals surface area contributed by atoms with Gasteiger partial charge in [-0.2, -0.15) is 16.7 Å². The standard InChI is InChI=1S/C21H21N5O5S/c27-7-14-17(29)18(30)21(31-14)26-10-22-16-19(26)23-11-25-13(6-15(28)24-20(16)25)9-32-8-12-4-2-1-3-5-12/h1-6,10-11,14,17-18,21,27,29-30H,7-9H2/t14-,17-,18-,21-/m1/s1. The molecule has 3 N–H and O–H groups in total. The summed E-state index contributed by atoms with van der Waals surface area (Å²) in [5.74, 6) is 1.38. The van der Waals surface area contributed by atoms with Crippen LogP contribution in [0.25, 0.3) is 16.8 Å². The topological polar surface area (TPSA) is 135 Å². The number of rotatable bonds is 6. The molecule has 11 heteroatoms. The third kappa shape index (κ3) is 3.67. The lowest BCUT2D eigenvalue weighted by Gasteiger charge is -2.16. The molecular formula is C21H21N5O5S. The molecule has 1 aliphatic heterocycles. The van der Waals surface area contributed by atoms with Gasteiger partial charge in [-0.25, -0.2) is 9.97 Å². The number of hydrogen-bond acceptors (Lipinski definition) is 9. The van der Waals surface area contributed by atoms with E-state index in [1.165, 1.54) is 22.5 Å². The van der Waals surface area contributed by atoms with Gasteiger partial charge in [-0.3, -0.25) is 13.8 Å². The lowest BCUT2D eigenvalue weighted by atomic mass is 10.1. The van der Waals surface area contributed by atoms with E-state index in [0.717, 1.165) is 11.4 Å². The van der Waals surface area contributed by atoms with Crippen molar-refractivity contribution in [2.45, 2.75) is 36.0 Å². The Bertz CT molecular complexity index is 1310. The molecule has 0 aliphatic carbocycles. The Morgan fingerprint density at radius 2 is 1.84 bits per heavy atom. The maximum Gasteiger partial charge on any atom is 0.273 e. The molecule has 0 amide bonds. The Morgan fingerprint density at radius 1 is 1.03 bits per heavy atom. The first kappa shape index (κ1) is 21.0. The average molecular weight is 455 g/mol. The minimum absolute atomic E-state index is 0.348. The molecule has 0 radical (unpaired) electrons. The largest absolute Gasteiger partial charge is 0.394 e. The van der Waals surface area contributed by atoms with Crippen LogP contribution in [0.1, 0.15) is 17.5 Å². The third-order valence-electron chi connectivity index (χ3n) is 5.47. The second-order valence-electron chi connectivity index (χ2n) is 7.56. The van der Waals surface area contributed by atoms with Gasteiger partial charge in [0.2, 0.25) is 0 Å². The first-order chi connectivity index (χ1) is 15.6. The van der Waals surface area contributed by atoms with Gasteiger partial charge in [-0.15, -0.1) is 0 Å². The number of benzene rings is 1. The second kappa shape index (κ2) is 8.60. The molecule has 0 saturated carbocycles. The molecule has 0 unspecified atom stereocenters. The van der Waals surface area contributed by atoms with Crippen LogP contribution in [-0.2, 0) is 16.2 Å². The van der Waals surface area contributed by atoms with E-state index in [-0.39, 0.29) is 5.56 Å². The Morgan fingerprint density at radius 3 is 2.59 bits per heavy atom. The van der Waals surface area contributed by atoms with Gasteiger partial charge in [-0.1, -0.05) is 30.3 Å². The van der Waals surface area contributed by atoms with Crippen LogP contribution in [0.5, 0.6) is 0 Å². The molecule has 3 aromatic heterocycles. The molecule has 1 fully saturated rings. The van der Waals surface area contributed by atoms with Crippen molar-refractivity contribution in [1.82, 2.24) is 23.9 Å². The minimum Gasteiger partial charge on any atom is -0.394 e. The smallest absolute Gasteiger partial charge is 0.273 e. The Kier molecular flexibility index (Phi) is 5.66. The molecule has 0 spiro atoms. The summed E-state index contributed by atoms with van der Waals surface area (Å²) in [6.45, 7) is -0.432. The molecule has 1 aliphatic rings. The maximum atomic E-state index is 12.3. The predicted octanol–water partition coefficient (Wildman–Crippen LogP) is 0.484. The van der Waals surface area contributed by atoms with Crippen molar-refractivity contribution >= 4 is 28.6 Å². The quantitative estimate of drug-likeness (QED) is 0.379. The normalized spacial score (nSPS) is 23.3. The molecule has 4 aromatic rings. The predicted molar refractivity (Wildman–Crippen MR) is 117 cm³/mol. The SMILES string of the molecule is O=c1cc(CSCc2ccccc2)n2cnc3c(ncn3[C@@H]3O[C@H](CO)[C@@H](O)[C@H]3O)c2n1. The number of nitrogens with zero attached hydrogens (tertiary/aromatic N) is 5. The zero-order chi connectivity index (χ0) is 22.2. The third-order valence-corrected chi connectivity index (χ3v) is 6.51. The summed E-state index contributed by atoms with van der Waals surface area (Å²) in [6.07, 6.45) is -1.42. The Labute approximate surface area is 186 Å². The monoisotopic (exact) mass is 455 g/mol. The number of thioether (sulfide) groups is 1. The van der Waals surface area contributed by atoms with Crippen LogP contribution in [0, 0.1) is 0 Å². The van der Waals surface area contributed by atoms with Crippen LogP contribution in [0.15, 0.2) is 53.8 Å². The van der Waals surface area contributed by atoms with Crippen LogP contribution in [0.2, 0.25) is 0 Å². The maximum absolute atomic E-state index is 12.3. The lowest BCUT2D eigenvalue weighted by molar-refractivity contribution is -0.0511. The van der Waals surface area contributed by atoms with Crippen LogP contribution < -0.4 is 5.56 Å². The number of hydrogen-bond donors (Lipinski definition) is 3. The molecule has 1 saturated heterocycles. The van der Waals surface area contributed by atoms with Crippen LogP contribution >= 0.6 is 11.8 Å². The highest BCUT2D eigenvalue weighted by atomic mass is 32.2. The summed E-state index contributed by atoms with van der Waals surface area (Å²) in [5.41, 5.74) is 2.63. The van der Waals surface area contributed by atoms with E-state index >= 15 is 0 Å². The second-order valence-corrected chi connectivity index (χ2v) is 8.54. The van der Waals surface area contributed by atoms with E-state index in [1.54, 1.807) is 22.5 Å². The van der Waals surface area contributed by atoms with E-state index in [0.29, 0.717) is 22.6 Å². The van der Waals surface area contributed by atoms with Gasteiger partial charge in [0.25, 0.3) is 5.56 Å². The van der Waals surface area contributed by atoms with E-state index in [4.69, 9.17) is 4.74 Å². The molecule has 1 aromatic carbocycles. The summed E-state index contributed by atoms with van der Waals surface area (Å²) < 4.78 is 8.79. The molecule has 5 rings (SSSR count). The zero-order valence-electron chi connectivity index (χ0n) is 16.9. The van der Waals surface area contributed by atoms with Gasteiger partial charge in [0.05, 0.1) is 12.9 Å². The summed E-state index contributed by atoms with van der Waals surface area (Å²) in [6, 6.07) is 11.6. The van der Waals surface area contributed by atoms with Crippen molar-refractivity contribution in [2.75, 3.05) is 6.61 Å². The van der Waals surface area contributed by atoms with Crippen LogP contribution in [0.3, 0.4) is 0 Å². The highest BCUT2D eigenvalue weighted by Gasteiger charge is 2.44.